The molecule has 4 rings (SSSR count). The zero-order chi connectivity index (χ0) is 25.2. The minimum Gasteiger partial charge on any atom is -0.322 e. The standard InChI is InChI=1S/C25H29F2N5O3/c1-3-25(2)23(34)32(24(35)28-25)29-21(33)16-30-12-14-31(15-13-30)22(17-4-8-19(26)9-5-17)18-6-10-20(27)11-7-18/h4-11,22H,3,12-16H2,1-2H3,(H,28,35)(H,29,33). The van der Waals surface area contributed by atoms with E-state index in [2.05, 4.69) is 15.6 Å². The zero-order valence-corrected chi connectivity index (χ0v) is 19.8. The van der Waals surface area contributed by atoms with Gasteiger partial charge in [-0.3, -0.25) is 24.8 Å². The van der Waals surface area contributed by atoms with Crippen LogP contribution in [0.5, 0.6) is 0 Å². The third-order valence-corrected chi connectivity index (χ3v) is 6.72. The lowest BCUT2D eigenvalue weighted by Crippen LogP contribution is -2.54. The van der Waals surface area contributed by atoms with Gasteiger partial charge in [-0.1, -0.05) is 31.2 Å². The Morgan fingerprint density at radius 2 is 1.49 bits per heavy atom. The summed E-state index contributed by atoms with van der Waals surface area (Å²) in [5.74, 6) is -1.58. The van der Waals surface area contributed by atoms with Crippen LogP contribution >= 0.6 is 0 Å². The summed E-state index contributed by atoms with van der Waals surface area (Å²) in [6, 6.07) is 11.7. The van der Waals surface area contributed by atoms with Crippen LogP contribution in [0.25, 0.3) is 0 Å². The van der Waals surface area contributed by atoms with Gasteiger partial charge in [0.2, 0.25) is 0 Å². The Balaban J connectivity index is 1.38. The molecular weight excluding hydrogens is 456 g/mol. The largest absolute Gasteiger partial charge is 0.344 e. The van der Waals surface area contributed by atoms with Crippen LogP contribution < -0.4 is 10.7 Å². The molecule has 2 fully saturated rings. The molecule has 0 bridgehead atoms. The quantitative estimate of drug-likeness (QED) is 0.589. The average molecular weight is 486 g/mol. The van der Waals surface area contributed by atoms with Crippen molar-refractivity contribution in [3.05, 3.63) is 71.3 Å². The van der Waals surface area contributed by atoms with Crippen LogP contribution in [-0.4, -0.2) is 70.9 Å². The van der Waals surface area contributed by atoms with Crippen LogP contribution in [0, 0.1) is 11.6 Å². The Bertz CT molecular complexity index is 1040. The average Bonchev–Trinajstić information content (AvgIpc) is 3.06. The molecule has 0 saturated carbocycles. The molecular formula is C25H29F2N5O3. The summed E-state index contributed by atoms with van der Waals surface area (Å²) < 4.78 is 27.0. The van der Waals surface area contributed by atoms with Crippen molar-refractivity contribution in [3.63, 3.8) is 0 Å². The number of benzene rings is 2. The Hall–Kier alpha value is -3.37. The number of rotatable bonds is 7. The highest BCUT2D eigenvalue weighted by atomic mass is 19.1. The number of urea groups is 1. The second-order valence-electron chi connectivity index (χ2n) is 9.11. The van der Waals surface area contributed by atoms with Gasteiger partial charge in [0.15, 0.2) is 0 Å². The van der Waals surface area contributed by atoms with Crippen LogP contribution in [0.4, 0.5) is 13.6 Å². The molecule has 2 aromatic rings. The van der Waals surface area contributed by atoms with Crippen LogP contribution in [0.15, 0.2) is 48.5 Å². The summed E-state index contributed by atoms with van der Waals surface area (Å²) in [7, 11) is 0. The first-order valence-electron chi connectivity index (χ1n) is 11.6. The molecule has 2 aliphatic rings. The van der Waals surface area contributed by atoms with Crippen LogP contribution in [0.1, 0.15) is 37.4 Å². The molecule has 0 aliphatic carbocycles. The minimum atomic E-state index is -1.02. The maximum absolute atomic E-state index is 13.5. The van der Waals surface area contributed by atoms with Crippen molar-refractivity contribution in [1.29, 1.82) is 0 Å². The molecule has 2 aromatic carbocycles. The van der Waals surface area contributed by atoms with Gasteiger partial charge in [0.05, 0.1) is 12.6 Å². The Kier molecular flexibility index (Phi) is 7.13. The number of carbonyl (C=O) groups is 3. The summed E-state index contributed by atoms with van der Waals surface area (Å²) in [5.41, 5.74) is 3.18. The highest BCUT2D eigenvalue weighted by molar-refractivity contribution is 6.07. The topological polar surface area (TPSA) is 85.0 Å². The predicted octanol–water partition coefficient (Wildman–Crippen LogP) is 2.42. The van der Waals surface area contributed by atoms with Gasteiger partial charge >= 0.3 is 6.03 Å². The van der Waals surface area contributed by atoms with Crippen molar-refractivity contribution in [2.24, 2.45) is 0 Å². The molecule has 2 aliphatic heterocycles. The normalized spacial score (nSPS) is 21.5. The fraction of sp³-hybridized carbons (Fsp3) is 0.400. The van der Waals surface area contributed by atoms with E-state index in [4.69, 9.17) is 0 Å². The minimum absolute atomic E-state index is 0.0332. The first-order chi connectivity index (χ1) is 16.7. The van der Waals surface area contributed by atoms with Gasteiger partial charge in [0.1, 0.15) is 17.2 Å². The van der Waals surface area contributed by atoms with Gasteiger partial charge in [-0.15, -0.1) is 0 Å². The van der Waals surface area contributed by atoms with E-state index in [0.717, 1.165) is 16.1 Å². The van der Waals surface area contributed by atoms with Crippen molar-refractivity contribution in [2.45, 2.75) is 31.8 Å². The molecule has 2 N–H and O–H groups in total. The molecule has 0 radical (unpaired) electrons. The number of nitrogens with zero attached hydrogens (tertiary/aromatic N) is 3. The van der Waals surface area contributed by atoms with E-state index in [-0.39, 0.29) is 24.2 Å². The van der Waals surface area contributed by atoms with E-state index in [1.165, 1.54) is 24.3 Å². The summed E-state index contributed by atoms with van der Waals surface area (Å²) in [6.07, 6.45) is 0.412. The Morgan fingerprint density at radius 1 is 0.971 bits per heavy atom. The maximum atomic E-state index is 13.5. The third-order valence-electron chi connectivity index (χ3n) is 6.72. The molecule has 0 spiro atoms. The SMILES string of the molecule is CCC1(C)NC(=O)N(NC(=O)CN2CCN(C(c3ccc(F)cc3)c3ccc(F)cc3)CC2)C1=O. The van der Waals surface area contributed by atoms with E-state index in [9.17, 15) is 23.2 Å². The van der Waals surface area contributed by atoms with Crippen LogP contribution in [-0.2, 0) is 9.59 Å². The number of hydrogen-bond acceptors (Lipinski definition) is 5. The van der Waals surface area contributed by atoms with Crippen molar-refractivity contribution in [3.8, 4) is 0 Å². The van der Waals surface area contributed by atoms with Crippen LogP contribution in [0.2, 0.25) is 0 Å². The van der Waals surface area contributed by atoms with E-state index in [0.29, 0.717) is 32.6 Å². The van der Waals surface area contributed by atoms with E-state index < -0.39 is 23.4 Å². The second-order valence-corrected chi connectivity index (χ2v) is 9.11. The molecule has 186 valence electrons. The smallest absolute Gasteiger partial charge is 0.322 e. The summed E-state index contributed by atoms with van der Waals surface area (Å²) in [6.45, 7) is 5.81. The lowest BCUT2D eigenvalue weighted by molar-refractivity contribution is -0.139. The number of carbonyl (C=O) groups excluding carboxylic acids is 3. The first kappa shape index (κ1) is 24.7. The zero-order valence-electron chi connectivity index (χ0n) is 19.8. The fourth-order valence-corrected chi connectivity index (χ4v) is 4.47. The van der Waals surface area contributed by atoms with Gasteiger partial charge in [-0.25, -0.2) is 13.6 Å². The number of halogens is 2. The number of amides is 4. The van der Waals surface area contributed by atoms with E-state index in [1.807, 2.05) is 4.90 Å². The fourth-order valence-electron chi connectivity index (χ4n) is 4.47. The Labute approximate surface area is 202 Å². The monoisotopic (exact) mass is 485 g/mol. The summed E-state index contributed by atoms with van der Waals surface area (Å²) >= 11 is 0. The summed E-state index contributed by atoms with van der Waals surface area (Å²) in [5, 5.41) is 3.35. The van der Waals surface area contributed by atoms with Crippen molar-refractivity contribution in [1.82, 2.24) is 25.6 Å². The van der Waals surface area contributed by atoms with Crippen LogP contribution in [0.3, 0.4) is 0 Å². The highest BCUT2D eigenvalue weighted by Crippen LogP contribution is 2.30. The predicted molar refractivity (Wildman–Crippen MR) is 125 cm³/mol. The molecule has 2 saturated heterocycles. The third kappa shape index (κ3) is 5.33. The van der Waals surface area contributed by atoms with Crippen molar-refractivity contribution < 1.29 is 23.2 Å². The number of nitrogens with one attached hydrogen (secondary N) is 2. The van der Waals surface area contributed by atoms with E-state index >= 15 is 0 Å². The molecule has 0 aromatic heterocycles. The first-order valence-corrected chi connectivity index (χ1v) is 11.6. The van der Waals surface area contributed by atoms with Crippen molar-refractivity contribution >= 4 is 17.8 Å². The highest BCUT2D eigenvalue weighted by Gasteiger charge is 2.47. The molecule has 4 amide bonds. The number of imide groups is 1. The molecule has 2 heterocycles. The number of hydrogen-bond donors (Lipinski definition) is 2. The van der Waals surface area contributed by atoms with E-state index in [1.54, 1.807) is 38.1 Å². The maximum Gasteiger partial charge on any atom is 0.344 e. The van der Waals surface area contributed by atoms with Gasteiger partial charge < -0.3 is 5.32 Å². The number of piperazine rings is 1. The second kappa shape index (κ2) is 10.1. The molecule has 1 atom stereocenters. The van der Waals surface area contributed by atoms with Gasteiger partial charge in [0, 0.05) is 26.2 Å². The van der Waals surface area contributed by atoms with Gasteiger partial charge in [0.25, 0.3) is 11.8 Å². The summed E-state index contributed by atoms with van der Waals surface area (Å²) in [4.78, 5) is 41.3. The van der Waals surface area contributed by atoms with Gasteiger partial charge in [-0.2, -0.15) is 5.01 Å². The lowest BCUT2D eigenvalue weighted by Gasteiger charge is -2.39. The molecule has 10 heteroatoms. The van der Waals surface area contributed by atoms with Gasteiger partial charge in [-0.05, 0) is 48.7 Å². The number of hydrazine groups is 1. The Morgan fingerprint density at radius 3 is 1.94 bits per heavy atom. The lowest BCUT2D eigenvalue weighted by atomic mass is 9.96. The van der Waals surface area contributed by atoms with Crippen molar-refractivity contribution in [2.75, 3.05) is 32.7 Å². The molecule has 35 heavy (non-hydrogen) atoms. The molecule has 8 nitrogen and oxygen atoms in total. The molecule has 1 unspecified atom stereocenters.